The van der Waals surface area contributed by atoms with Crippen molar-refractivity contribution in [1.29, 1.82) is 0 Å². The number of carbonyl (C=O) groups is 3. The van der Waals surface area contributed by atoms with Crippen LogP contribution in [0.1, 0.15) is 46.0 Å². The van der Waals surface area contributed by atoms with Crippen LogP contribution in [0.3, 0.4) is 0 Å². The third-order valence-corrected chi connectivity index (χ3v) is 4.69. The van der Waals surface area contributed by atoms with Crippen molar-refractivity contribution in [3.8, 4) is 0 Å². The summed E-state index contributed by atoms with van der Waals surface area (Å²) < 4.78 is 0. The first-order valence-corrected chi connectivity index (χ1v) is 7.97. The number of unbranched alkanes of at least 4 members (excludes halogenated alkanes) is 3. The lowest BCUT2D eigenvalue weighted by Gasteiger charge is -2.32. The van der Waals surface area contributed by atoms with Gasteiger partial charge >= 0.3 is 6.03 Å². The van der Waals surface area contributed by atoms with E-state index in [-0.39, 0.29) is 0 Å². The molecule has 0 aliphatic carbocycles. The Balaban J connectivity index is 2.48. The maximum absolute atomic E-state index is 11.9. The van der Waals surface area contributed by atoms with E-state index in [4.69, 9.17) is 0 Å². The van der Waals surface area contributed by atoms with E-state index >= 15 is 0 Å². The molecular weight excluding hydrogens is 264 g/mol. The average Bonchev–Trinajstić information content (AvgIpc) is 2.36. The minimum absolute atomic E-state index is 0.403. The maximum atomic E-state index is 11.9. The van der Waals surface area contributed by atoms with E-state index in [1.54, 1.807) is 18.7 Å². The smallest absolute Gasteiger partial charge is 0.277 e. The maximum Gasteiger partial charge on any atom is 0.328 e. The zero-order valence-corrected chi connectivity index (χ0v) is 12.4. The van der Waals surface area contributed by atoms with E-state index in [1.807, 2.05) is 0 Å². The van der Waals surface area contributed by atoms with Gasteiger partial charge in [0.15, 0.2) is 0 Å². The van der Waals surface area contributed by atoms with Crippen LogP contribution in [0.5, 0.6) is 0 Å². The Morgan fingerprint density at radius 3 is 2.16 bits per heavy atom. The highest BCUT2D eigenvalue weighted by Crippen LogP contribution is 2.30. The molecule has 0 radical (unpaired) electrons. The molecule has 1 saturated heterocycles. The molecule has 6 heteroatoms. The number of thioether (sulfide) groups is 1. The number of hydrogen-bond donors (Lipinski definition) is 2. The van der Waals surface area contributed by atoms with Gasteiger partial charge in [-0.05, 0) is 18.6 Å². The van der Waals surface area contributed by atoms with Gasteiger partial charge in [0, 0.05) is 5.75 Å². The number of rotatable bonds is 8. The minimum atomic E-state index is -1.09. The van der Waals surface area contributed by atoms with E-state index in [0.717, 1.165) is 12.2 Å². The van der Waals surface area contributed by atoms with Gasteiger partial charge in [-0.25, -0.2) is 4.79 Å². The number of carbonyl (C=O) groups excluding carboxylic acids is 3. The summed E-state index contributed by atoms with van der Waals surface area (Å²) >= 11 is 1.61. The van der Waals surface area contributed by atoms with E-state index in [9.17, 15) is 14.4 Å². The van der Waals surface area contributed by atoms with Gasteiger partial charge in [0.05, 0.1) is 0 Å². The lowest BCUT2D eigenvalue weighted by Crippen LogP contribution is -2.63. The van der Waals surface area contributed by atoms with Crippen molar-refractivity contribution in [3.05, 3.63) is 0 Å². The van der Waals surface area contributed by atoms with Gasteiger partial charge in [-0.3, -0.25) is 20.2 Å². The lowest BCUT2D eigenvalue weighted by molar-refractivity contribution is -0.142. The molecule has 19 heavy (non-hydrogen) atoms. The number of amides is 4. The fourth-order valence-electron chi connectivity index (χ4n) is 2.01. The predicted octanol–water partition coefficient (Wildman–Crippen LogP) is 2.06. The molecule has 0 aromatic heterocycles. The van der Waals surface area contributed by atoms with Gasteiger partial charge < -0.3 is 0 Å². The summed E-state index contributed by atoms with van der Waals surface area (Å²) in [4.78, 5) is 34.9. The zero-order valence-electron chi connectivity index (χ0n) is 11.6. The number of nitrogens with one attached hydrogen (secondary N) is 2. The Labute approximate surface area is 118 Å². The Kier molecular flexibility index (Phi) is 6.34. The molecule has 5 nitrogen and oxygen atoms in total. The molecule has 1 aliphatic heterocycles. The normalized spacial score (nSPS) is 18.1. The molecule has 0 spiro atoms. The molecule has 0 bridgehead atoms. The van der Waals surface area contributed by atoms with Crippen molar-refractivity contribution in [1.82, 2.24) is 10.6 Å². The second-order valence-corrected chi connectivity index (χ2v) is 5.89. The zero-order chi connectivity index (χ0) is 14.3. The van der Waals surface area contributed by atoms with Gasteiger partial charge in [-0.15, -0.1) is 0 Å². The van der Waals surface area contributed by atoms with Gasteiger partial charge in [0.25, 0.3) is 0 Å². The molecule has 0 unspecified atom stereocenters. The molecular formula is C13H22N2O3S. The van der Waals surface area contributed by atoms with Crippen molar-refractivity contribution in [2.45, 2.75) is 46.0 Å². The molecule has 4 amide bonds. The molecule has 0 atom stereocenters. The van der Waals surface area contributed by atoms with Crippen molar-refractivity contribution in [3.63, 3.8) is 0 Å². The molecule has 0 aromatic carbocycles. The Bertz CT molecular complexity index is 338. The second-order valence-electron chi connectivity index (χ2n) is 4.79. The molecule has 108 valence electrons. The fourth-order valence-corrected chi connectivity index (χ4v) is 3.38. The summed E-state index contributed by atoms with van der Waals surface area (Å²) in [6.07, 6.45) is 5.09. The minimum Gasteiger partial charge on any atom is -0.277 e. The first-order valence-electron chi connectivity index (χ1n) is 6.81. The Hall–Kier alpha value is -1.04. The van der Waals surface area contributed by atoms with E-state index in [2.05, 4.69) is 17.6 Å². The number of barbiturate groups is 1. The molecule has 1 rings (SSSR count). The van der Waals surface area contributed by atoms with Crippen molar-refractivity contribution >= 4 is 29.6 Å². The van der Waals surface area contributed by atoms with Gasteiger partial charge in [0.2, 0.25) is 11.8 Å². The molecule has 2 N–H and O–H groups in total. The summed E-state index contributed by atoms with van der Waals surface area (Å²) in [5, 5.41) is 4.38. The van der Waals surface area contributed by atoms with Crippen LogP contribution < -0.4 is 10.6 Å². The Morgan fingerprint density at radius 2 is 1.63 bits per heavy atom. The lowest BCUT2D eigenvalue weighted by atomic mass is 9.84. The second kappa shape index (κ2) is 7.53. The highest BCUT2D eigenvalue weighted by Gasteiger charge is 2.48. The summed E-state index contributed by atoms with van der Waals surface area (Å²) in [5.41, 5.74) is -1.09. The van der Waals surface area contributed by atoms with Crippen LogP contribution in [-0.4, -0.2) is 29.4 Å². The highest BCUT2D eigenvalue weighted by atomic mass is 32.2. The molecule has 0 saturated carbocycles. The standard InChI is InChI=1S/C13H22N2O3S/c1-3-5-6-7-8-19-9-13(4-2)10(16)14-12(18)15-11(13)17/h3-9H2,1-2H3,(H2,14,15,16,17,18). The first kappa shape index (κ1) is 16.0. The van der Waals surface area contributed by atoms with E-state index in [1.165, 1.54) is 19.3 Å². The van der Waals surface area contributed by atoms with Crippen LogP contribution in [0.4, 0.5) is 4.79 Å². The summed E-state index contributed by atoms with van der Waals surface area (Å²) in [7, 11) is 0. The van der Waals surface area contributed by atoms with E-state index < -0.39 is 23.3 Å². The molecule has 1 heterocycles. The monoisotopic (exact) mass is 286 g/mol. The molecule has 1 aliphatic rings. The van der Waals surface area contributed by atoms with Crippen LogP contribution in [0, 0.1) is 5.41 Å². The predicted molar refractivity (Wildman–Crippen MR) is 75.9 cm³/mol. The third kappa shape index (κ3) is 3.96. The van der Waals surface area contributed by atoms with Crippen LogP contribution in [-0.2, 0) is 9.59 Å². The first-order chi connectivity index (χ1) is 9.06. The van der Waals surface area contributed by atoms with Gasteiger partial charge in [-0.2, -0.15) is 11.8 Å². The largest absolute Gasteiger partial charge is 0.328 e. The molecule has 0 aromatic rings. The van der Waals surface area contributed by atoms with E-state index in [0.29, 0.717) is 12.2 Å². The topological polar surface area (TPSA) is 75.3 Å². The van der Waals surface area contributed by atoms with Crippen LogP contribution in [0.25, 0.3) is 0 Å². The van der Waals surface area contributed by atoms with Crippen molar-refractivity contribution in [2.24, 2.45) is 5.41 Å². The fraction of sp³-hybridized carbons (Fsp3) is 0.769. The number of imide groups is 2. The van der Waals surface area contributed by atoms with Crippen LogP contribution in [0.2, 0.25) is 0 Å². The quantitative estimate of drug-likeness (QED) is 0.529. The number of hydrogen-bond acceptors (Lipinski definition) is 4. The highest BCUT2D eigenvalue weighted by molar-refractivity contribution is 7.99. The number of urea groups is 1. The molecule has 1 fully saturated rings. The van der Waals surface area contributed by atoms with Gasteiger partial charge in [0.1, 0.15) is 5.41 Å². The van der Waals surface area contributed by atoms with Crippen molar-refractivity contribution < 1.29 is 14.4 Å². The summed E-state index contributed by atoms with van der Waals surface area (Å²) in [6, 6.07) is -0.716. The van der Waals surface area contributed by atoms with Crippen LogP contribution in [0.15, 0.2) is 0 Å². The SMILES string of the molecule is CCCCCCSCC1(CC)C(=O)NC(=O)NC1=O. The third-order valence-electron chi connectivity index (χ3n) is 3.42. The average molecular weight is 286 g/mol. The van der Waals surface area contributed by atoms with Crippen molar-refractivity contribution in [2.75, 3.05) is 11.5 Å². The summed E-state index contributed by atoms with van der Waals surface area (Å²) in [5.74, 6) is 0.436. The van der Waals surface area contributed by atoms with Crippen LogP contribution >= 0.6 is 11.8 Å². The Morgan fingerprint density at radius 1 is 1.00 bits per heavy atom. The summed E-state index contributed by atoms with van der Waals surface area (Å²) in [6.45, 7) is 3.96. The van der Waals surface area contributed by atoms with Gasteiger partial charge in [-0.1, -0.05) is 33.1 Å².